The maximum atomic E-state index is 11.3. The van der Waals surface area contributed by atoms with Gasteiger partial charge in [0.25, 0.3) is 0 Å². The average Bonchev–Trinajstić information content (AvgIpc) is 2.50. The van der Waals surface area contributed by atoms with Gasteiger partial charge in [-0.1, -0.05) is 20.3 Å². The molecule has 0 radical (unpaired) electrons. The summed E-state index contributed by atoms with van der Waals surface area (Å²) in [7, 11) is 0. The molecular formula is C15H27NO3. The van der Waals surface area contributed by atoms with Crippen molar-refractivity contribution < 1.29 is 14.6 Å². The molecule has 110 valence electrons. The fraction of sp³-hybridized carbons (Fsp3) is 0.933. The van der Waals surface area contributed by atoms with Gasteiger partial charge in [-0.05, 0) is 31.1 Å². The van der Waals surface area contributed by atoms with Crippen LogP contribution in [0.3, 0.4) is 0 Å². The van der Waals surface area contributed by atoms with Crippen LogP contribution in [0.2, 0.25) is 0 Å². The molecule has 2 aliphatic rings. The zero-order valence-corrected chi connectivity index (χ0v) is 12.3. The van der Waals surface area contributed by atoms with Crippen LogP contribution in [0.4, 0.5) is 0 Å². The van der Waals surface area contributed by atoms with Crippen LogP contribution in [-0.2, 0) is 9.53 Å². The molecule has 0 aromatic heterocycles. The summed E-state index contributed by atoms with van der Waals surface area (Å²) in [6, 6.07) is 0. The van der Waals surface area contributed by atoms with Gasteiger partial charge in [0.15, 0.2) is 0 Å². The minimum Gasteiger partial charge on any atom is -0.481 e. The Labute approximate surface area is 116 Å². The topological polar surface area (TPSA) is 49.8 Å². The van der Waals surface area contributed by atoms with E-state index >= 15 is 0 Å². The molecule has 0 spiro atoms. The molecule has 1 heterocycles. The molecular weight excluding hydrogens is 242 g/mol. The summed E-state index contributed by atoms with van der Waals surface area (Å²) in [5, 5.41) is 9.33. The maximum Gasteiger partial charge on any atom is 0.305 e. The Bertz CT molecular complexity index is 323. The van der Waals surface area contributed by atoms with Crippen molar-refractivity contribution in [2.24, 2.45) is 5.41 Å². The Balaban J connectivity index is 2.16. The summed E-state index contributed by atoms with van der Waals surface area (Å²) in [6.07, 6.45) is 5.77. The van der Waals surface area contributed by atoms with Gasteiger partial charge in [-0.2, -0.15) is 0 Å². The van der Waals surface area contributed by atoms with E-state index in [2.05, 4.69) is 18.7 Å². The Hall–Kier alpha value is -0.610. The van der Waals surface area contributed by atoms with Crippen molar-refractivity contribution in [1.29, 1.82) is 0 Å². The highest BCUT2D eigenvalue weighted by atomic mass is 16.5. The van der Waals surface area contributed by atoms with Crippen molar-refractivity contribution >= 4 is 5.97 Å². The molecule has 1 aliphatic heterocycles. The lowest BCUT2D eigenvalue weighted by molar-refractivity contribution is -0.142. The number of hydrogen-bond acceptors (Lipinski definition) is 3. The number of nitrogens with zero attached hydrogens (tertiary/aromatic N) is 1. The Morgan fingerprint density at radius 1 is 1.16 bits per heavy atom. The second-order valence-electron chi connectivity index (χ2n) is 6.91. The number of aliphatic carboxylic acids is 1. The van der Waals surface area contributed by atoms with Crippen molar-refractivity contribution in [3.63, 3.8) is 0 Å². The van der Waals surface area contributed by atoms with E-state index in [1.165, 1.54) is 6.42 Å². The SMILES string of the molecule is CC1(C)CCCC(CC(=O)O)(N2CCOCC2)CC1. The van der Waals surface area contributed by atoms with E-state index in [1.54, 1.807) is 0 Å². The van der Waals surface area contributed by atoms with Crippen molar-refractivity contribution in [3.8, 4) is 0 Å². The molecule has 1 atom stereocenters. The summed E-state index contributed by atoms with van der Waals surface area (Å²) in [5.74, 6) is -0.661. The first-order valence-corrected chi connectivity index (χ1v) is 7.48. The van der Waals surface area contributed by atoms with Crippen molar-refractivity contribution in [3.05, 3.63) is 0 Å². The second-order valence-corrected chi connectivity index (χ2v) is 6.91. The highest BCUT2D eigenvalue weighted by molar-refractivity contribution is 5.68. The van der Waals surface area contributed by atoms with E-state index in [1.807, 2.05) is 0 Å². The smallest absolute Gasteiger partial charge is 0.305 e. The number of hydrogen-bond donors (Lipinski definition) is 1. The quantitative estimate of drug-likeness (QED) is 0.800. The number of morpholine rings is 1. The fourth-order valence-electron chi connectivity index (χ4n) is 3.64. The van der Waals surface area contributed by atoms with Crippen LogP contribution in [0.15, 0.2) is 0 Å². The van der Waals surface area contributed by atoms with Crippen LogP contribution in [0, 0.1) is 5.41 Å². The van der Waals surface area contributed by atoms with Crippen molar-refractivity contribution in [2.45, 2.75) is 57.9 Å². The maximum absolute atomic E-state index is 11.3. The highest BCUT2D eigenvalue weighted by Gasteiger charge is 2.42. The first-order valence-electron chi connectivity index (χ1n) is 7.48. The molecule has 4 nitrogen and oxygen atoms in total. The normalized spacial score (nSPS) is 32.7. The van der Waals surface area contributed by atoms with Gasteiger partial charge in [0.2, 0.25) is 0 Å². The van der Waals surface area contributed by atoms with Gasteiger partial charge in [-0.25, -0.2) is 0 Å². The lowest BCUT2D eigenvalue weighted by Crippen LogP contribution is -2.54. The molecule has 1 N–H and O–H groups in total. The molecule has 0 aromatic rings. The summed E-state index contributed by atoms with van der Waals surface area (Å²) in [5.41, 5.74) is 0.218. The standard InChI is InChI=1S/C15H27NO3/c1-14(2)4-3-5-15(7-6-14,12-13(17)18)16-8-10-19-11-9-16/h3-12H2,1-2H3,(H,17,18). The third-order valence-electron chi connectivity index (χ3n) is 4.93. The monoisotopic (exact) mass is 269 g/mol. The molecule has 2 fully saturated rings. The van der Waals surface area contributed by atoms with E-state index in [0.717, 1.165) is 52.0 Å². The van der Waals surface area contributed by atoms with Crippen molar-refractivity contribution in [1.82, 2.24) is 4.90 Å². The first kappa shape index (κ1) is 14.8. The number of carboxylic acid groups (broad SMARTS) is 1. The molecule has 1 aliphatic carbocycles. The summed E-state index contributed by atoms with van der Waals surface area (Å²) in [6.45, 7) is 7.86. The molecule has 1 saturated heterocycles. The highest BCUT2D eigenvalue weighted by Crippen LogP contribution is 2.42. The van der Waals surface area contributed by atoms with Gasteiger partial charge in [-0.15, -0.1) is 0 Å². The lowest BCUT2D eigenvalue weighted by atomic mass is 9.81. The predicted octanol–water partition coefficient (Wildman–Crippen LogP) is 2.52. The van der Waals surface area contributed by atoms with E-state index in [0.29, 0.717) is 5.41 Å². The zero-order valence-electron chi connectivity index (χ0n) is 12.3. The average molecular weight is 269 g/mol. The number of carbonyl (C=O) groups is 1. The van der Waals surface area contributed by atoms with Gasteiger partial charge >= 0.3 is 5.97 Å². The van der Waals surface area contributed by atoms with Crippen molar-refractivity contribution in [2.75, 3.05) is 26.3 Å². The Morgan fingerprint density at radius 3 is 2.47 bits per heavy atom. The lowest BCUT2D eigenvalue weighted by Gasteiger charge is -2.45. The number of ether oxygens (including phenoxy) is 1. The van der Waals surface area contributed by atoms with Crippen LogP contribution >= 0.6 is 0 Å². The van der Waals surface area contributed by atoms with Gasteiger partial charge in [0.1, 0.15) is 0 Å². The number of rotatable bonds is 3. The van der Waals surface area contributed by atoms with Gasteiger partial charge in [0, 0.05) is 18.6 Å². The molecule has 4 heteroatoms. The van der Waals surface area contributed by atoms with Gasteiger partial charge in [0.05, 0.1) is 19.6 Å². The minimum absolute atomic E-state index is 0.136. The molecule has 0 aromatic carbocycles. The Kier molecular flexibility index (Phi) is 4.51. The van der Waals surface area contributed by atoms with E-state index < -0.39 is 5.97 Å². The third-order valence-corrected chi connectivity index (χ3v) is 4.93. The van der Waals surface area contributed by atoms with E-state index in [9.17, 15) is 9.90 Å². The second kappa shape index (κ2) is 5.80. The minimum atomic E-state index is -0.661. The van der Waals surface area contributed by atoms with Gasteiger partial charge < -0.3 is 9.84 Å². The van der Waals surface area contributed by atoms with E-state index in [4.69, 9.17) is 4.74 Å². The predicted molar refractivity (Wildman–Crippen MR) is 74.2 cm³/mol. The largest absolute Gasteiger partial charge is 0.481 e. The molecule has 2 rings (SSSR count). The molecule has 0 bridgehead atoms. The summed E-state index contributed by atoms with van der Waals surface area (Å²) in [4.78, 5) is 13.7. The third kappa shape index (κ3) is 3.69. The fourth-order valence-corrected chi connectivity index (χ4v) is 3.64. The number of carboxylic acids is 1. The molecule has 0 amide bonds. The van der Waals surface area contributed by atoms with Crippen LogP contribution in [0.5, 0.6) is 0 Å². The van der Waals surface area contributed by atoms with Crippen LogP contribution in [-0.4, -0.2) is 47.8 Å². The van der Waals surface area contributed by atoms with Gasteiger partial charge in [-0.3, -0.25) is 9.69 Å². The van der Waals surface area contributed by atoms with Crippen LogP contribution in [0.25, 0.3) is 0 Å². The summed E-state index contributed by atoms with van der Waals surface area (Å²) >= 11 is 0. The first-order chi connectivity index (χ1) is 8.94. The zero-order chi connectivity index (χ0) is 13.9. The van der Waals surface area contributed by atoms with E-state index in [-0.39, 0.29) is 12.0 Å². The Morgan fingerprint density at radius 2 is 1.84 bits per heavy atom. The van der Waals surface area contributed by atoms with Crippen LogP contribution in [0.1, 0.15) is 52.4 Å². The molecule has 19 heavy (non-hydrogen) atoms. The van der Waals surface area contributed by atoms with Crippen LogP contribution < -0.4 is 0 Å². The molecule has 1 saturated carbocycles. The summed E-state index contributed by atoms with van der Waals surface area (Å²) < 4.78 is 5.42. The molecule has 1 unspecified atom stereocenters.